The van der Waals surface area contributed by atoms with Crippen LogP contribution in [0, 0.1) is 6.92 Å². The van der Waals surface area contributed by atoms with E-state index in [2.05, 4.69) is 13.8 Å². The Bertz CT molecular complexity index is 290. The third-order valence-corrected chi connectivity index (χ3v) is 2.63. The molecule has 0 amide bonds. The number of halogens is 2. The minimum absolute atomic E-state index is 0.426. The van der Waals surface area contributed by atoms with Crippen molar-refractivity contribution in [3.8, 4) is 0 Å². The van der Waals surface area contributed by atoms with Crippen molar-refractivity contribution < 1.29 is 0 Å². The summed E-state index contributed by atoms with van der Waals surface area (Å²) in [6.07, 6.45) is 0. The molecule has 0 heterocycles. The normalized spacial score (nSPS) is 10.8. The van der Waals surface area contributed by atoms with Crippen molar-refractivity contribution in [1.82, 2.24) is 0 Å². The van der Waals surface area contributed by atoms with Gasteiger partial charge in [-0.1, -0.05) is 37.0 Å². The van der Waals surface area contributed by atoms with Gasteiger partial charge in [-0.2, -0.15) is 0 Å². The highest BCUT2D eigenvalue weighted by molar-refractivity contribution is 6.34. The van der Waals surface area contributed by atoms with E-state index in [1.165, 1.54) is 0 Å². The van der Waals surface area contributed by atoms with Gasteiger partial charge >= 0.3 is 0 Å². The Hall–Kier alpha value is -0.200. The Kier molecular flexibility index (Phi) is 3.03. The second-order valence-corrected chi connectivity index (χ2v) is 4.09. The van der Waals surface area contributed by atoms with E-state index in [1.807, 2.05) is 19.1 Å². The molecule has 66 valence electrons. The van der Waals surface area contributed by atoms with Crippen LogP contribution in [-0.2, 0) is 0 Å². The topological polar surface area (TPSA) is 0 Å². The zero-order chi connectivity index (χ0) is 9.30. The van der Waals surface area contributed by atoms with E-state index in [4.69, 9.17) is 23.2 Å². The predicted octanol–water partition coefficient (Wildman–Crippen LogP) is 4.43. The molecule has 0 aliphatic carbocycles. The van der Waals surface area contributed by atoms with Crippen molar-refractivity contribution in [1.29, 1.82) is 0 Å². The summed E-state index contributed by atoms with van der Waals surface area (Å²) in [5.74, 6) is 0.426. The Morgan fingerprint density at radius 3 is 2.17 bits per heavy atom. The van der Waals surface area contributed by atoms with E-state index in [1.54, 1.807) is 0 Å². The monoisotopic (exact) mass is 202 g/mol. The summed E-state index contributed by atoms with van der Waals surface area (Å²) < 4.78 is 0. The predicted molar refractivity (Wildman–Crippen MR) is 55.3 cm³/mol. The molecule has 0 N–H and O–H groups in total. The van der Waals surface area contributed by atoms with E-state index in [0.717, 1.165) is 21.2 Å². The number of rotatable bonds is 1. The Balaban J connectivity index is 3.23. The molecule has 0 aliphatic heterocycles. The van der Waals surface area contributed by atoms with Gasteiger partial charge in [0, 0.05) is 10.0 Å². The average molecular weight is 203 g/mol. The number of hydrogen-bond acceptors (Lipinski definition) is 0. The van der Waals surface area contributed by atoms with Gasteiger partial charge in [0.2, 0.25) is 0 Å². The Labute approximate surface area is 83.5 Å². The minimum Gasteiger partial charge on any atom is -0.0840 e. The third-order valence-electron chi connectivity index (χ3n) is 1.90. The molecule has 0 radical (unpaired) electrons. The summed E-state index contributed by atoms with van der Waals surface area (Å²) in [6, 6.07) is 3.86. The molecular weight excluding hydrogens is 191 g/mol. The molecule has 0 nitrogen and oxygen atoms in total. The van der Waals surface area contributed by atoms with Crippen molar-refractivity contribution in [2.75, 3.05) is 0 Å². The molecule has 12 heavy (non-hydrogen) atoms. The van der Waals surface area contributed by atoms with Gasteiger partial charge in [0.05, 0.1) is 0 Å². The molecule has 0 bridgehead atoms. The van der Waals surface area contributed by atoms with Crippen LogP contribution in [-0.4, -0.2) is 0 Å². The lowest BCUT2D eigenvalue weighted by molar-refractivity contribution is 0.866. The van der Waals surface area contributed by atoms with Crippen molar-refractivity contribution in [3.63, 3.8) is 0 Å². The molecule has 0 saturated carbocycles. The molecule has 0 fully saturated rings. The van der Waals surface area contributed by atoms with Gasteiger partial charge in [-0.05, 0) is 36.1 Å². The Morgan fingerprint density at radius 1 is 1.08 bits per heavy atom. The average Bonchev–Trinajstić information content (AvgIpc) is 1.96. The molecule has 0 aromatic heterocycles. The summed E-state index contributed by atoms with van der Waals surface area (Å²) >= 11 is 12.0. The first-order valence-electron chi connectivity index (χ1n) is 3.98. The summed E-state index contributed by atoms with van der Waals surface area (Å²) in [4.78, 5) is 0. The van der Waals surface area contributed by atoms with Crippen LogP contribution in [0.25, 0.3) is 0 Å². The smallest absolute Gasteiger partial charge is 0.0444 e. The minimum atomic E-state index is 0.426. The third kappa shape index (κ3) is 1.94. The molecule has 0 atom stereocenters. The van der Waals surface area contributed by atoms with Crippen LogP contribution in [0.5, 0.6) is 0 Å². The van der Waals surface area contributed by atoms with Crippen molar-refractivity contribution in [3.05, 3.63) is 33.3 Å². The van der Waals surface area contributed by atoms with E-state index in [9.17, 15) is 0 Å². The second kappa shape index (κ2) is 3.68. The van der Waals surface area contributed by atoms with Crippen molar-refractivity contribution in [2.24, 2.45) is 0 Å². The number of benzene rings is 1. The van der Waals surface area contributed by atoms with Crippen LogP contribution >= 0.6 is 23.2 Å². The molecule has 2 heteroatoms. The quantitative estimate of drug-likeness (QED) is 0.633. The van der Waals surface area contributed by atoms with Crippen LogP contribution in [0.4, 0.5) is 0 Å². The summed E-state index contributed by atoms with van der Waals surface area (Å²) in [5, 5.41) is 1.61. The highest BCUT2D eigenvalue weighted by Gasteiger charge is 2.07. The van der Waals surface area contributed by atoms with Gasteiger partial charge in [-0.3, -0.25) is 0 Å². The molecule has 1 aromatic carbocycles. The van der Waals surface area contributed by atoms with Gasteiger partial charge in [-0.25, -0.2) is 0 Å². The molecule has 1 rings (SSSR count). The summed E-state index contributed by atoms with van der Waals surface area (Å²) in [6.45, 7) is 6.16. The fourth-order valence-corrected chi connectivity index (χ4v) is 1.71. The lowest BCUT2D eigenvalue weighted by Gasteiger charge is -2.09. The molecule has 1 aromatic rings. The first kappa shape index (κ1) is 9.88. The Morgan fingerprint density at radius 2 is 1.67 bits per heavy atom. The summed E-state index contributed by atoms with van der Waals surface area (Å²) in [5.41, 5.74) is 2.15. The molecule has 0 aliphatic rings. The van der Waals surface area contributed by atoms with E-state index in [-0.39, 0.29) is 0 Å². The molecule has 0 saturated heterocycles. The zero-order valence-electron chi connectivity index (χ0n) is 7.49. The van der Waals surface area contributed by atoms with Gasteiger partial charge in [0.15, 0.2) is 0 Å². The fourth-order valence-electron chi connectivity index (χ4n) is 1.10. The first-order valence-corrected chi connectivity index (χ1v) is 4.73. The SMILES string of the molecule is Cc1cc(Cl)c(C(C)C)cc1Cl. The lowest BCUT2D eigenvalue weighted by Crippen LogP contribution is -1.90. The number of hydrogen-bond donors (Lipinski definition) is 0. The van der Waals surface area contributed by atoms with Crippen molar-refractivity contribution in [2.45, 2.75) is 26.7 Å². The number of aryl methyl sites for hydroxylation is 1. The van der Waals surface area contributed by atoms with Gasteiger partial charge in [0.1, 0.15) is 0 Å². The molecule has 0 spiro atoms. The first-order chi connectivity index (χ1) is 5.52. The largest absolute Gasteiger partial charge is 0.0840 e. The van der Waals surface area contributed by atoms with E-state index < -0.39 is 0 Å². The highest BCUT2D eigenvalue weighted by atomic mass is 35.5. The second-order valence-electron chi connectivity index (χ2n) is 3.28. The molecule has 0 unspecified atom stereocenters. The van der Waals surface area contributed by atoms with Gasteiger partial charge in [-0.15, -0.1) is 0 Å². The standard InChI is InChI=1S/C10H12Cl2/c1-6(2)8-5-9(11)7(3)4-10(8)12/h4-6H,1-3H3. The maximum atomic E-state index is 6.04. The fraction of sp³-hybridized carbons (Fsp3) is 0.400. The maximum Gasteiger partial charge on any atom is 0.0444 e. The van der Waals surface area contributed by atoms with Crippen molar-refractivity contribution >= 4 is 23.2 Å². The maximum absolute atomic E-state index is 6.04. The highest BCUT2D eigenvalue weighted by Crippen LogP contribution is 2.29. The van der Waals surface area contributed by atoms with Crippen LogP contribution in [0.2, 0.25) is 10.0 Å². The van der Waals surface area contributed by atoms with Gasteiger partial charge in [0.25, 0.3) is 0 Å². The lowest BCUT2D eigenvalue weighted by atomic mass is 10.0. The summed E-state index contributed by atoms with van der Waals surface area (Å²) in [7, 11) is 0. The van der Waals surface area contributed by atoms with E-state index >= 15 is 0 Å². The van der Waals surface area contributed by atoms with Crippen LogP contribution < -0.4 is 0 Å². The van der Waals surface area contributed by atoms with E-state index in [0.29, 0.717) is 5.92 Å². The van der Waals surface area contributed by atoms with Crippen LogP contribution in [0.15, 0.2) is 12.1 Å². The van der Waals surface area contributed by atoms with Crippen LogP contribution in [0.3, 0.4) is 0 Å². The van der Waals surface area contributed by atoms with Gasteiger partial charge < -0.3 is 0 Å². The van der Waals surface area contributed by atoms with Crippen LogP contribution in [0.1, 0.15) is 30.9 Å². The zero-order valence-corrected chi connectivity index (χ0v) is 9.00. The molecular formula is C10H12Cl2.